The van der Waals surface area contributed by atoms with Crippen LogP contribution in [-0.2, 0) is 13.5 Å². The lowest BCUT2D eigenvalue weighted by Crippen LogP contribution is -2.09. The van der Waals surface area contributed by atoms with Crippen LogP contribution in [0.2, 0.25) is 0 Å². The molecular formula is C6H9N3O. The number of fused-ring (bicyclic) bond motifs is 1. The summed E-state index contributed by atoms with van der Waals surface area (Å²) in [4.78, 5) is 0. The molecule has 2 heterocycles. The van der Waals surface area contributed by atoms with Gasteiger partial charge in [-0.1, -0.05) is 5.21 Å². The van der Waals surface area contributed by atoms with Gasteiger partial charge in [0.25, 0.3) is 0 Å². The Kier molecular flexibility index (Phi) is 1.12. The largest absolute Gasteiger partial charge is 0.476 e. The summed E-state index contributed by atoms with van der Waals surface area (Å²) in [5, 5.41) is 7.78. The van der Waals surface area contributed by atoms with Crippen LogP contribution in [0, 0.1) is 0 Å². The van der Waals surface area contributed by atoms with Crippen molar-refractivity contribution in [2.45, 2.75) is 12.8 Å². The molecule has 1 aliphatic rings. The lowest BCUT2D eigenvalue weighted by Gasteiger charge is -2.11. The Bertz CT molecular complexity index is 243. The molecule has 0 saturated heterocycles. The van der Waals surface area contributed by atoms with Crippen molar-refractivity contribution in [2.24, 2.45) is 7.05 Å². The lowest BCUT2D eigenvalue weighted by atomic mass is 10.2. The van der Waals surface area contributed by atoms with Crippen LogP contribution >= 0.6 is 0 Å². The molecule has 10 heavy (non-hydrogen) atoms. The van der Waals surface area contributed by atoms with E-state index in [1.54, 1.807) is 4.68 Å². The molecule has 0 amide bonds. The summed E-state index contributed by atoms with van der Waals surface area (Å²) in [6, 6.07) is 0. The zero-order valence-electron chi connectivity index (χ0n) is 5.87. The lowest BCUT2D eigenvalue weighted by molar-refractivity contribution is 0.264. The molecular weight excluding hydrogens is 130 g/mol. The first-order valence-electron chi connectivity index (χ1n) is 3.39. The number of ether oxygens (including phenoxy) is 1. The number of hydrogen-bond donors (Lipinski definition) is 0. The zero-order chi connectivity index (χ0) is 6.97. The molecule has 0 bridgehead atoms. The van der Waals surface area contributed by atoms with E-state index in [2.05, 4.69) is 10.3 Å². The van der Waals surface area contributed by atoms with Gasteiger partial charge in [0.15, 0.2) is 0 Å². The van der Waals surface area contributed by atoms with Gasteiger partial charge in [0.2, 0.25) is 5.88 Å². The third kappa shape index (κ3) is 0.683. The molecule has 0 aromatic carbocycles. The average molecular weight is 139 g/mol. The minimum Gasteiger partial charge on any atom is -0.476 e. The van der Waals surface area contributed by atoms with Crippen LogP contribution in [0.3, 0.4) is 0 Å². The first kappa shape index (κ1) is 5.70. The van der Waals surface area contributed by atoms with Crippen molar-refractivity contribution in [3.63, 3.8) is 0 Å². The van der Waals surface area contributed by atoms with E-state index in [0.717, 1.165) is 31.0 Å². The van der Waals surface area contributed by atoms with Gasteiger partial charge >= 0.3 is 0 Å². The summed E-state index contributed by atoms with van der Waals surface area (Å²) >= 11 is 0. The van der Waals surface area contributed by atoms with E-state index in [-0.39, 0.29) is 0 Å². The van der Waals surface area contributed by atoms with Crippen molar-refractivity contribution in [3.05, 3.63) is 5.69 Å². The maximum absolute atomic E-state index is 5.33. The van der Waals surface area contributed by atoms with Crippen molar-refractivity contribution in [2.75, 3.05) is 6.61 Å². The van der Waals surface area contributed by atoms with Crippen molar-refractivity contribution in [1.82, 2.24) is 15.0 Å². The van der Waals surface area contributed by atoms with Crippen LogP contribution in [-0.4, -0.2) is 21.6 Å². The number of aryl methyl sites for hydroxylation is 2. The Hall–Kier alpha value is -1.06. The highest BCUT2D eigenvalue weighted by molar-refractivity contribution is 5.18. The van der Waals surface area contributed by atoms with Crippen molar-refractivity contribution < 1.29 is 4.74 Å². The molecule has 0 fully saturated rings. The molecule has 54 valence electrons. The maximum atomic E-state index is 5.33. The van der Waals surface area contributed by atoms with Gasteiger partial charge < -0.3 is 4.74 Å². The molecule has 0 radical (unpaired) electrons. The van der Waals surface area contributed by atoms with Gasteiger partial charge in [-0.05, 0) is 6.42 Å². The predicted molar refractivity (Wildman–Crippen MR) is 34.8 cm³/mol. The molecule has 2 rings (SSSR count). The molecule has 0 N–H and O–H groups in total. The van der Waals surface area contributed by atoms with Gasteiger partial charge in [-0.2, -0.15) is 0 Å². The molecule has 0 spiro atoms. The van der Waals surface area contributed by atoms with E-state index in [0.29, 0.717) is 0 Å². The molecule has 0 atom stereocenters. The summed E-state index contributed by atoms with van der Waals surface area (Å²) in [7, 11) is 1.84. The van der Waals surface area contributed by atoms with Gasteiger partial charge in [0.1, 0.15) is 5.69 Å². The SMILES string of the molecule is Cn1nnc2c1OCCC2. The normalized spacial score (nSPS) is 16.1. The highest BCUT2D eigenvalue weighted by Gasteiger charge is 2.15. The fourth-order valence-electron chi connectivity index (χ4n) is 1.13. The van der Waals surface area contributed by atoms with Crippen LogP contribution in [0.4, 0.5) is 0 Å². The van der Waals surface area contributed by atoms with Crippen molar-refractivity contribution in [1.29, 1.82) is 0 Å². The van der Waals surface area contributed by atoms with Gasteiger partial charge in [0.05, 0.1) is 6.61 Å². The van der Waals surface area contributed by atoms with Crippen LogP contribution in [0.25, 0.3) is 0 Å². The first-order valence-corrected chi connectivity index (χ1v) is 3.39. The van der Waals surface area contributed by atoms with E-state index < -0.39 is 0 Å². The summed E-state index contributed by atoms with van der Waals surface area (Å²) in [5.74, 6) is 0.839. The average Bonchev–Trinajstić information content (AvgIpc) is 2.34. The standard InChI is InChI=1S/C6H9N3O/c1-9-6-5(7-8-9)3-2-4-10-6/h2-4H2,1H3. The molecule has 4 heteroatoms. The Morgan fingerprint density at radius 2 is 2.50 bits per heavy atom. The Labute approximate surface area is 58.8 Å². The summed E-state index contributed by atoms with van der Waals surface area (Å²) in [5.41, 5.74) is 0.994. The zero-order valence-corrected chi connectivity index (χ0v) is 5.87. The van der Waals surface area contributed by atoms with Gasteiger partial charge in [-0.25, -0.2) is 4.68 Å². The van der Waals surface area contributed by atoms with Crippen molar-refractivity contribution in [3.8, 4) is 5.88 Å². The molecule has 1 aromatic heterocycles. The number of aromatic nitrogens is 3. The van der Waals surface area contributed by atoms with Crippen molar-refractivity contribution >= 4 is 0 Å². The fraction of sp³-hybridized carbons (Fsp3) is 0.667. The van der Waals surface area contributed by atoms with Crippen LogP contribution in [0.15, 0.2) is 0 Å². The molecule has 1 aromatic rings. The summed E-state index contributed by atoms with van der Waals surface area (Å²) < 4.78 is 7.01. The van der Waals surface area contributed by atoms with Gasteiger partial charge in [0, 0.05) is 13.5 Å². The summed E-state index contributed by atoms with van der Waals surface area (Å²) in [6.07, 6.45) is 2.06. The summed E-state index contributed by atoms with van der Waals surface area (Å²) in [6.45, 7) is 0.800. The quantitative estimate of drug-likeness (QED) is 0.513. The van der Waals surface area contributed by atoms with Gasteiger partial charge in [-0.3, -0.25) is 0 Å². The number of nitrogens with zero attached hydrogens (tertiary/aromatic N) is 3. The minimum atomic E-state index is 0.800. The van der Waals surface area contributed by atoms with Gasteiger partial charge in [-0.15, -0.1) is 5.10 Å². The van der Waals surface area contributed by atoms with E-state index in [1.807, 2.05) is 7.05 Å². The monoisotopic (exact) mass is 139 g/mol. The number of hydrogen-bond acceptors (Lipinski definition) is 3. The Morgan fingerprint density at radius 1 is 1.60 bits per heavy atom. The predicted octanol–water partition coefficient (Wildman–Crippen LogP) is 0.140. The van der Waals surface area contributed by atoms with E-state index in [1.165, 1.54) is 0 Å². The van der Waals surface area contributed by atoms with E-state index >= 15 is 0 Å². The highest BCUT2D eigenvalue weighted by atomic mass is 16.5. The van der Waals surface area contributed by atoms with E-state index in [9.17, 15) is 0 Å². The maximum Gasteiger partial charge on any atom is 0.235 e. The number of rotatable bonds is 0. The topological polar surface area (TPSA) is 39.9 Å². The second-order valence-electron chi connectivity index (χ2n) is 2.42. The Morgan fingerprint density at radius 3 is 3.30 bits per heavy atom. The molecule has 0 unspecified atom stereocenters. The van der Waals surface area contributed by atoms with Crippen LogP contribution in [0.5, 0.6) is 5.88 Å². The molecule has 1 aliphatic heterocycles. The molecule has 0 aliphatic carbocycles. The second kappa shape index (κ2) is 1.97. The molecule has 0 saturated carbocycles. The fourth-order valence-corrected chi connectivity index (χ4v) is 1.13. The highest BCUT2D eigenvalue weighted by Crippen LogP contribution is 2.19. The smallest absolute Gasteiger partial charge is 0.235 e. The second-order valence-corrected chi connectivity index (χ2v) is 2.42. The van der Waals surface area contributed by atoms with E-state index in [4.69, 9.17) is 4.74 Å². The van der Waals surface area contributed by atoms with Crippen LogP contribution < -0.4 is 4.74 Å². The molecule has 4 nitrogen and oxygen atoms in total. The third-order valence-electron chi connectivity index (χ3n) is 1.64. The minimum absolute atomic E-state index is 0.800. The van der Waals surface area contributed by atoms with Crippen LogP contribution in [0.1, 0.15) is 12.1 Å². The Balaban J connectivity index is 2.45. The first-order chi connectivity index (χ1) is 4.88. The third-order valence-corrected chi connectivity index (χ3v) is 1.64.